The van der Waals surface area contributed by atoms with Gasteiger partial charge in [0.1, 0.15) is 10.3 Å². The largest absolute Gasteiger partial charge is 0.216 e. The lowest BCUT2D eigenvalue weighted by Crippen LogP contribution is -1.95. The maximum atomic E-state index is 6.36. The minimum Gasteiger partial charge on any atom is -0.216 e. The van der Waals surface area contributed by atoms with Gasteiger partial charge in [0, 0.05) is 21.0 Å². The van der Waals surface area contributed by atoms with Crippen molar-refractivity contribution in [3.63, 3.8) is 0 Å². The molecule has 0 N–H and O–H groups in total. The molecule has 106 valence electrons. The van der Waals surface area contributed by atoms with E-state index in [1.54, 1.807) is 11.3 Å². The van der Waals surface area contributed by atoms with Crippen molar-refractivity contribution in [2.45, 2.75) is 6.92 Å². The minimum atomic E-state index is 0.350. The lowest BCUT2D eigenvalue weighted by atomic mass is 10.1. The first-order valence-electron chi connectivity index (χ1n) is 6.09. The van der Waals surface area contributed by atoms with Gasteiger partial charge in [0.2, 0.25) is 0 Å². The van der Waals surface area contributed by atoms with Crippen molar-refractivity contribution < 1.29 is 0 Å². The molecule has 0 radical (unpaired) electrons. The average molecular weight is 400 g/mol. The molecule has 2 heterocycles. The van der Waals surface area contributed by atoms with E-state index in [0.717, 1.165) is 21.2 Å². The normalized spacial score (nSPS) is 10.9. The molecule has 2 nitrogen and oxygen atoms in total. The summed E-state index contributed by atoms with van der Waals surface area (Å²) in [6, 6.07) is 7.71. The summed E-state index contributed by atoms with van der Waals surface area (Å²) < 4.78 is 0.900. The fraction of sp³-hybridized carbons (Fsp3) is 0.0667. The zero-order chi connectivity index (χ0) is 15.0. The van der Waals surface area contributed by atoms with Crippen molar-refractivity contribution >= 4 is 50.5 Å². The molecular weight excluding hydrogens is 391 g/mol. The van der Waals surface area contributed by atoms with Gasteiger partial charge in [0.25, 0.3) is 0 Å². The number of hydrogen-bond acceptors (Lipinski definition) is 3. The number of thiophene rings is 1. The number of nitrogens with zero attached hydrogens (tertiary/aromatic N) is 2. The fourth-order valence-electron chi connectivity index (χ4n) is 2.00. The first kappa shape index (κ1) is 15.0. The molecule has 0 saturated heterocycles. The zero-order valence-electron chi connectivity index (χ0n) is 10.9. The van der Waals surface area contributed by atoms with Gasteiger partial charge in [-0.05, 0) is 23.9 Å². The molecule has 21 heavy (non-hydrogen) atoms. The third kappa shape index (κ3) is 2.86. The molecular formula is C15H9BrCl2N2S. The van der Waals surface area contributed by atoms with E-state index >= 15 is 0 Å². The molecule has 0 amide bonds. The highest BCUT2D eigenvalue weighted by atomic mass is 79.9. The Bertz CT molecular complexity index is 794. The van der Waals surface area contributed by atoms with Crippen LogP contribution < -0.4 is 0 Å². The van der Waals surface area contributed by atoms with Crippen LogP contribution in [0.25, 0.3) is 22.5 Å². The fourth-order valence-corrected chi connectivity index (χ4v) is 3.90. The van der Waals surface area contributed by atoms with E-state index in [4.69, 9.17) is 23.2 Å². The van der Waals surface area contributed by atoms with Crippen LogP contribution in [0.4, 0.5) is 0 Å². The quantitative estimate of drug-likeness (QED) is 0.476. The minimum absolute atomic E-state index is 0.350. The van der Waals surface area contributed by atoms with E-state index in [2.05, 4.69) is 25.9 Å². The van der Waals surface area contributed by atoms with Crippen LogP contribution in [0.3, 0.4) is 0 Å². The van der Waals surface area contributed by atoms with Crippen molar-refractivity contribution in [3.05, 3.63) is 55.4 Å². The Morgan fingerprint density at radius 3 is 2.24 bits per heavy atom. The van der Waals surface area contributed by atoms with E-state index in [1.165, 1.54) is 0 Å². The van der Waals surface area contributed by atoms with Crippen LogP contribution in [0.2, 0.25) is 10.3 Å². The second-order valence-corrected chi connectivity index (χ2v) is 6.77. The van der Waals surface area contributed by atoms with Crippen LogP contribution >= 0.6 is 50.5 Å². The highest BCUT2D eigenvalue weighted by molar-refractivity contribution is 9.10. The molecule has 3 aromatic rings. The number of rotatable bonds is 2. The van der Waals surface area contributed by atoms with Crippen molar-refractivity contribution in [1.82, 2.24) is 9.97 Å². The van der Waals surface area contributed by atoms with Gasteiger partial charge in [-0.1, -0.05) is 57.3 Å². The lowest BCUT2D eigenvalue weighted by Gasteiger charge is -2.10. The molecule has 0 aliphatic rings. The molecule has 0 spiro atoms. The summed E-state index contributed by atoms with van der Waals surface area (Å²) in [5.41, 5.74) is 3.59. The number of hydrogen-bond donors (Lipinski definition) is 0. The Kier molecular flexibility index (Phi) is 4.31. The molecule has 0 unspecified atom stereocenters. The number of halogens is 3. The molecule has 0 aliphatic carbocycles. The summed E-state index contributed by atoms with van der Waals surface area (Å²) in [7, 11) is 0. The molecule has 1 aromatic carbocycles. The molecule has 2 aromatic heterocycles. The predicted octanol–water partition coefficient (Wildman–Crippen LogP) is 6.25. The first-order valence-corrected chi connectivity index (χ1v) is 8.58. The topological polar surface area (TPSA) is 25.8 Å². The molecule has 0 bridgehead atoms. The SMILES string of the molecule is Cc1cscc1-c1nc(Cl)c(-c2ccccc2Br)c(Cl)n1. The van der Waals surface area contributed by atoms with E-state index in [0.29, 0.717) is 21.7 Å². The third-order valence-corrected chi connectivity index (χ3v) is 5.16. The first-order chi connectivity index (χ1) is 10.1. The van der Waals surface area contributed by atoms with Crippen LogP contribution in [0.15, 0.2) is 39.5 Å². The van der Waals surface area contributed by atoms with Crippen LogP contribution in [-0.4, -0.2) is 9.97 Å². The van der Waals surface area contributed by atoms with Crippen LogP contribution in [0.5, 0.6) is 0 Å². The number of benzene rings is 1. The van der Waals surface area contributed by atoms with Gasteiger partial charge >= 0.3 is 0 Å². The van der Waals surface area contributed by atoms with Gasteiger partial charge in [0.15, 0.2) is 5.82 Å². The van der Waals surface area contributed by atoms with Gasteiger partial charge in [-0.3, -0.25) is 0 Å². The van der Waals surface area contributed by atoms with E-state index < -0.39 is 0 Å². The Morgan fingerprint density at radius 1 is 1.00 bits per heavy atom. The molecule has 3 rings (SSSR count). The standard InChI is InChI=1S/C15H9BrCl2N2S/c1-8-6-21-7-10(8)15-19-13(17)12(14(18)20-15)9-4-2-3-5-11(9)16/h2-7H,1H3. The van der Waals surface area contributed by atoms with Crippen molar-refractivity contribution in [3.8, 4) is 22.5 Å². The maximum Gasteiger partial charge on any atom is 0.163 e. The van der Waals surface area contributed by atoms with Gasteiger partial charge in [0.05, 0.1) is 5.56 Å². The summed E-state index contributed by atoms with van der Waals surface area (Å²) >= 11 is 17.8. The molecule has 0 aliphatic heterocycles. The second-order valence-electron chi connectivity index (χ2n) is 4.45. The summed E-state index contributed by atoms with van der Waals surface area (Å²) in [4.78, 5) is 8.82. The maximum absolute atomic E-state index is 6.36. The lowest BCUT2D eigenvalue weighted by molar-refractivity contribution is 1.17. The zero-order valence-corrected chi connectivity index (χ0v) is 14.8. The smallest absolute Gasteiger partial charge is 0.163 e. The van der Waals surface area contributed by atoms with Gasteiger partial charge in [-0.2, -0.15) is 11.3 Å². The predicted molar refractivity (Wildman–Crippen MR) is 93.2 cm³/mol. The van der Waals surface area contributed by atoms with Crippen molar-refractivity contribution in [2.75, 3.05) is 0 Å². The van der Waals surface area contributed by atoms with Crippen molar-refractivity contribution in [2.24, 2.45) is 0 Å². The second kappa shape index (κ2) is 6.05. The summed E-state index contributed by atoms with van der Waals surface area (Å²) in [6.07, 6.45) is 0. The monoisotopic (exact) mass is 398 g/mol. The van der Waals surface area contributed by atoms with Gasteiger partial charge < -0.3 is 0 Å². The Labute approximate surface area is 144 Å². The van der Waals surface area contributed by atoms with Gasteiger partial charge in [-0.25, -0.2) is 9.97 Å². The molecule has 0 fully saturated rings. The Hall–Kier alpha value is -0.940. The van der Waals surface area contributed by atoms with E-state index in [-0.39, 0.29) is 0 Å². The average Bonchev–Trinajstić information content (AvgIpc) is 2.86. The Balaban J connectivity index is 2.18. The summed E-state index contributed by atoms with van der Waals surface area (Å²) in [5, 5.41) is 4.74. The van der Waals surface area contributed by atoms with Crippen LogP contribution in [-0.2, 0) is 0 Å². The van der Waals surface area contributed by atoms with E-state index in [1.807, 2.05) is 41.9 Å². The Morgan fingerprint density at radius 2 is 1.67 bits per heavy atom. The molecule has 0 atom stereocenters. The third-order valence-electron chi connectivity index (χ3n) is 3.06. The van der Waals surface area contributed by atoms with E-state index in [9.17, 15) is 0 Å². The van der Waals surface area contributed by atoms with Crippen LogP contribution in [0, 0.1) is 6.92 Å². The number of aryl methyl sites for hydroxylation is 1. The highest BCUT2D eigenvalue weighted by Gasteiger charge is 2.17. The van der Waals surface area contributed by atoms with Crippen LogP contribution in [0.1, 0.15) is 5.56 Å². The number of aromatic nitrogens is 2. The van der Waals surface area contributed by atoms with Gasteiger partial charge in [-0.15, -0.1) is 0 Å². The summed E-state index contributed by atoms with van der Waals surface area (Å²) in [5.74, 6) is 0.555. The van der Waals surface area contributed by atoms with Crippen molar-refractivity contribution in [1.29, 1.82) is 0 Å². The summed E-state index contributed by atoms with van der Waals surface area (Å²) in [6.45, 7) is 2.01. The molecule has 0 saturated carbocycles. The molecule has 6 heteroatoms. The highest BCUT2D eigenvalue weighted by Crippen LogP contribution is 2.38.